The molecule has 0 radical (unpaired) electrons. The van der Waals surface area contributed by atoms with Crippen molar-refractivity contribution in [2.24, 2.45) is 0 Å². The molecule has 2 rings (SSSR count). The molecule has 0 aliphatic rings. The molecule has 0 amide bonds. The first kappa shape index (κ1) is 19.4. The molecule has 0 spiro atoms. The van der Waals surface area contributed by atoms with Gasteiger partial charge in [-0.2, -0.15) is 0 Å². The minimum atomic E-state index is 0.271. The molecule has 0 aromatic heterocycles. The monoisotopic (exact) mass is 355 g/mol. The van der Waals surface area contributed by atoms with Gasteiger partial charge in [-0.1, -0.05) is 50.2 Å². The van der Waals surface area contributed by atoms with Crippen molar-refractivity contribution in [3.63, 3.8) is 0 Å². The number of hydrogen-bond donors (Lipinski definition) is 2. The fourth-order valence-corrected chi connectivity index (χ4v) is 2.96. The number of nitrogens with zero attached hydrogens (tertiary/aromatic N) is 1. The van der Waals surface area contributed by atoms with Gasteiger partial charge in [-0.3, -0.25) is 0 Å². The van der Waals surface area contributed by atoms with Crippen LogP contribution in [0.3, 0.4) is 0 Å². The Kier molecular flexibility index (Phi) is 7.41. The number of benzene rings is 2. The highest BCUT2D eigenvalue weighted by Crippen LogP contribution is 2.18. The maximum absolute atomic E-state index is 5.45. The predicted molar refractivity (Wildman–Crippen MR) is 112 cm³/mol. The van der Waals surface area contributed by atoms with E-state index in [1.807, 2.05) is 0 Å². The van der Waals surface area contributed by atoms with Gasteiger partial charge >= 0.3 is 0 Å². The quantitative estimate of drug-likeness (QED) is 0.720. The van der Waals surface area contributed by atoms with E-state index in [1.165, 1.54) is 16.7 Å². The van der Waals surface area contributed by atoms with Crippen molar-refractivity contribution in [2.75, 3.05) is 26.0 Å². The van der Waals surface area contributed by atoms with Gasteiger partial charge in [0.2, 0.25) is 0 Å². The molecule has 0 bridgehead atoms. The molecule has 0 unspecified atom stereocenters. The maximum atomic E-state index is 5.45. The van der Waals surface area contributed by atoms with Crippen LogP contribution in [0.1, 0.15) is 36.6 Å². The largest absolute Gasteiger partial charge is 0.361 e. The third kappa shape index (κ3) is 5.83. The van der Waals surface area contributed by atoms with Crippen LogP contribution in [0.25, 0.3) is 0 Å². The van der Waals surface area contributed by atoms with Gasteiger partial charge in [0, 0.05) is 12.2 Å². The van der Waals surface area contributed by atoms with Crippen molar-refractivity contribution in [1.29, 1.82) is 0 Å². The Morgan fingerprint density at radius 3 is 1.92 bits per heavy atom. The molecular formula is C21H29N3S. The smallest absolute Gasteiger partial charge is 0.170 e. The number of nitrogens with one attached hydrogen (secondary N) is 2. The highest BCUT2D eigenvalue weighted by atomic mass is 32.1. The standard InChI is InChI=1S/C21H29N3S/c1-5-16-7-11-18(12-8-16)20(24(3)4)15-22-21(25)23-19-13-9-17(6-2)10-14-19/h7-14,20H,5-6,15H2,1-4H3,(H2,22,23,25)/t20-/m1/s1. The summed E-state index contributed by atoms with van der Waals surface area (Å²) in [6.07, 6.45) is 2.11. The first-order chi connectivity index (χ1) is 12.0. The average molecular weight is 356 g/mol. The topological polar surface area (TPSA) is 27.3 Å². The average Bonchev–Trinajstić information content (AvgIpc) is 2.62. The number of hydrogen-bond acceptors (Lipinski definition) is 2. The fraction of sp³-hybridized carbons (Fsp3) is 0.381. The Labute approximate surface area is 157 Å². The molecule has 2 aromatic rings. The molecule has 0 heterocycles. The van der Waals surface area contributed by atoms with Crippen molar-refractivity contribution in [1.82, 2.24) is 10.2 Å². The Balaban J connectivity index is 1.93. The zero-order valence-corrected chi connectivity index (χ0v) is 16.5. The lowest BCUT2D eigenvalue weighted by Crippen LogP contribution is -2.36. The second-order valence-corrected chi connectivity index (χ2v) is 6.87. The van der Waals surface area contributed by atoms with Gasteiger partial charge in [-0.25, -0.2) is 0 Å². The molecule has 0 aliphatic carbocycles. The van der Waals surface area contributed by atoms with Crippen LogP contribution in [0.4, 0.5) is 5.69 Å². The van der Waals surface area contributed by atoms with E-state index in [1.54, 1.807) is 0 Å². The number of rotatable bonds is 7. The summed E-state index contributed by atoms with van der Waals surface area (Å²) in [4.78, 5) is 2.21. The van der Waals surface area contributed by atoms with Crippen LogP contribution in [0.5, 0.6) is 0 Å². The zero-order chi connectivity index (χ0) is 18.2. The number of anilines is 1. The van der Waals surface area contributed by atoms with E-state index in [4.69, 9.17) is 12.2 Å². The van der Waals surface area contributed by atoms with E-state index in [0.717, 1.165) is 25.1 Å². The fourth-order valence-electron chi connectivity index (χ4n) is 2.76. The molecule has 0 saturated heterocycles. The highest BCUT2D eigenvalue weighted by molar-refractivity contribution is 7.80. The van der Waals surface area contributed by atoms with Crippen LogP contribution < -0.4 is 10.6 Å². The summed E-state index contributed by atoms with van der Waals surface area (Å²) < 4.78 is 0. The summed E-state index contributed by atoms with van der Waals surface area (Å²) in [5.74, 6) is 0. The number of thiocarbonyl (C=S) groups is 1. The highest BCUT2D eigenvalue weighted by Gasteiger charge is 2.14. The molecule has 0 fully saturated rings. The van der Waals surface area contributed by atoms with Crippen LogP contribution >= 0.6 is 12.2 Å². The van der Waals surface area contributed by atoms with Gasteiger partial charge in [-0.15, -0.1) is 0 Å². The van der Waals surface area contributed by atoms with Crippen molar-refractivity contribution in [3.8, 4) is 0 Å². The number of aryl methyl sites for hydroxylation is 2. The molecule has 2 aromatic carbocycles. The maximum Gasteiger partial charge on any atom is 0.170 e. The molecule has 2 N–H and O–H groups in total. The summed E-state index contributed by atoms with van der Waals surface area (Å²) in [6, 6.07) is 17.5. The summed E-state index contributed by atoms with van der Waals surface area (Å²) in [5.41, 5.74) is 5.00. The minimum Gasteiger partial charge on any atom is -0.361 e. The summed E-state index contributed by atoms with van der Waals surface area (Å²) >= 11 is 5.45. The molecular weight excluding hydrogens is 326 g/mol. The Hall–Kier alpha value is -1.91. The molecule has 3 nitrogen and oxygen atoms in total. The second-order valence-electron chi connectivity index (χ2n) is 6.46. The Bertz CT molecular complexity index is 663. The van der Waals surface area contributed by atoms with Crippen molar-refractivity contribution in [3.05, 3.63) is 65.2 Å². The minimum absolute atomic E-state index is 0.271. The lowest BCUT2D eigenvalue weighted by atomic mass is 10.0. The van der Waals surface area contributed by atoms with Crippen molar-refractivity contribution >= 4 is 23.0 Å². The summed E-state index contributed by atoms with van der Waals surface area (Å²) in [7, 11) is 4.19. The van der Waals surface area contributed by atoms with Crippen LogP contribution in [0.2, 0.25) is 0 Å². The van der Waals surface area contributed by atoms with E-state index in [-0.39, 0.29) is 6.04 Å². The zero-order valence-electron chi connectivity index (χ0n) is 15.7. The Morgan fingerprint density at radius 1 is 0.920 bits per heavy atom. The normalized spacial score (nSPS) is 12.0. The third-order valence-corrected chi connectivity index (χ3v) is 4.72. The molecule has 1 atom stereocenters. The van der Waals surface area contributed by atoms with Crippen LogP contribution in [-0.4, -0.2) is 30.7 Å². The van der Waals surface area contributed by atoms with Crippen LogP contribution in [0.15, 0.2) is 48.5 Å². The predicted octanol–water partition coefficient (Wildman–Crippen LogP) is 4.40. The SMILES string of the molecule is CCc1ccc(NC(=S)NC[C@H](c2ccc(CC)cc2)N(C)C)cc1. The van der Waals surface area contributed by atoms with Gasteiger partial charge in [-0.05, 0) is 68.0 Å². The van der Waals surface area contributed by atoms with E-state index in [0.29, 0.717) is 5.11 Å². The molecule has 134 valence electrons. The van der Waals surface area contributed by atoms with Gasteiger partial charge in [0.25, 0.3) is 0 Å². The first-order valence-corrected chi connectivity index (χ1v) is 9.33. The van der Waals surface area contributed by atoms with Crippen molar-refractivity contribution in [2.45, 2.75) is 32.7 Å². The first-order valence-electron chi connectivity index (χ1n) is 8.92. The lowest BCUT2D eigenvalue weighted by molar-refractivity contribution is 0.299. The summed E-state index contributed by atoms with van der Waals surface area (Å²) in [5, 5.41) is 7.26. The number of likely N-dealkylation sites (N-methyl/N-ethyl adjacent to an activating group) is 1. The third-order valence-electron chi connectivity index (χ3n) is 4.47. The van der Waals surface area contributed by atoms with Gasteiger partial charge in [0.1, 0.15) is 0 Å². The van der Waals surface area contributed by atoms with Gasteiger partial charge < -0.3 is 15.5 Å². The second kappa shape index (κ2) is 9.54. The van der Waals surface area contributed by atoms with E-state index >= 15 is 0 Å². The van der Waals surface area contributed by atoms with E-state index < -0.39 is 0 Å². The van der Waals surface area contributed by atoms with Crippen LogP contribution in [0, 0.1) is 0 Å². The molecule has 0 saturated carbocycles. The summed E-state index contributed by atoms with van der Waals surface area (Å²) in [6.45, 7) is 5.09. The molecule has 0 aliphatic heterocycles. The lowest BCUT2D eigenvalue weighted by Gasteiger charge is -2.26. The van der Waals surface area contributed by atoms with Gasteiger partial charge in [0.05, 0.1) is 6.04 Å². The van der Waals surface area contributed by atoms with E-state index in [2.05, 4.69) is 92.0 Å². The van der Waals surface area contributed by atoms with E-state index in [9.17, 15) is 0 Å². The molecule has 4 heteroatoms. The van der Waals surface area contributed by atoms with Crippen LogP contribution in [-0.2, 0) is 12.8 Å². The van der Waals surface area contributed by atoms with Crippen molar-refractivity contribution < 1.29 is 0 Å². The van der Waals surface area contributed by atoms with Gasteiger partial charge in [0.15, 0.2) is 5.11 Å². The molecule has 25 heavy (non-hydrogen) atoms. The Morgan fingerprint density at radius 2 is 1.44 bits per heavy atom.